The molecule has 1 aliphatic heterocycles. The van der Waals surface area contributed by atoms with E-state index in [0.717, 1.165) is 23.1 Å². The highest BCUT2D eigenvalue weighted by Crippen LogP contribution is 2.32. The molecule has 1 unspecified atom stereocenters. The van der Waals surface area contributed by atoms with Crippen molar-refractivity contribution in [1.82, 2.24) is 4.98 Å². The van der Waals surface area contributed by atoms with Crippen molar-refractivity contribution in [3.63, 3.8) is 0 Å². The van der Waals surface area contributed by atoms with Crippen molar-refractivity contribution in [1.29, 1.82) is 0 Å². The molecule has 0 saturated carbocycles. The molecule has 2 heterocycles. The average molecular weight is 298 g/mol. The molecule has 1 atom stereocenters. The van der Waals surface area contributed by atoms with Crippen LogP contribution in [0.1, 0.15) is 17.7 Å². The second kappa shape index (κ2) is 6.75. The van der Waals surface area contributed by atoms with Gasteiger partial charge in [-0.2, -0.15) is 0 Å². The largest absolute Gasteiger partial charge is 0.395 e. The summed E-state index contributed by atoms with van der Waals surface area (Å²) < 4.78 is 0. The molecule has 7 heteroatoms. The first kappa shape index (κ1) is 15.0. The third-order valence-corrected chi connectivity index (χ3v) is 4.26. The van der Waals surface area contributed by atoms with Gasteiger partial charge in [0, 0.05) is 30.4 Å². The first-order chi connectivity index (χ1) is 7.70. The van der Waals surface area contributed by atoms with Gasteiger partial charge in [-0.15, -0.1) is 23.7 Å². The molecule has 4 nitrogen and oxygen atoms in total. The number of aromatic nitrogens is 1. The molecule has 0 aliphatic carbocycles. The van der Waals surface area contributed by atoms with E-state index in [9.17, 15) is 0 Å². The third-order valence-electron chi connectivity index (χ3n) is 2.70. The lowest BCUT2D eigenvalue weighted by Gasteiger charge is -2.12. The standard InChI is InChI=1S/C10H16ClN3OS.ClH/c11-9-8(5-7(12)6-15)16-10(13-9)14-3-1-2-4-14;/h7,15H,1-6,12H2;1H. The van der Waals surface area contributed by atoms with E-state index in [-0.39, 0.29) is 25.1 Å². The molecular formula is C10H17Cl2N3OS. The fraction of sp³-hybridized carbons (Fsp3) is 0.700. The maximum absolute atomic E-state index is 8.91. The molecule has 1 aliphatic rings. The van der Waals surface area contributed by atoms with Gasteiger partial charge >= 0.3 is 0 Å². The Morgan fingerprint density at radius 3 is 2.71 bits per heavy atom. The van der Waals surface area contributed by atoms with Crippen LogP contribution < -0.4 is 10.6 Å². The zero-order chi connectivity index (χ0) is 11.5. The van der Waals surface area contributed by atoms with Gasteiger partial charge in [0.15, 0.2) is 5.13 Å². The first-order valence-corrected chi connectivity index (χ1v) is 6.66. The predicted molar refractivity (Wildman–Crippen MR) is 74.6 cm³/mol. The highest BCUT2D eigenvalue weighted by molar-refractivity contribution is 7.16. The second-order valence-electron chi connectivity index (χ2n) is 4.05. The van der Waals surface area contributed by atoms with Gasteiger partial charge in [0.05, 0.1) is 6.61 Å². The molecule has 17 heavy (non-hydrogen) atoms. The topological polar surface area (TPSA) is 62.4 Å². The zero-order valence-electron chi connectivity index (χ0n) is 9.43. The van der Waals surface area contributed by atoms with Crippen molar-refractivity contribution in [2.45, 2.75) is 25.3 Å². The van der Waals surface area contributed by atoms with E-state index < -0.39 is 0 Å². The molecule has 0 radical (unpaired) electrons. The summed E-state index contributed by atoms with van der Waals surface area (Å²) in [6.45, 7) is 2.11. The van der Waals surface area contributed by atoms with Crippen molar-refractivity contribution in [3.8, 4) is 0 Å². The Morgan fingerprint density at radius 2 is 2.12 bits per heavy atom. The molecule has 0 aromatic carbocycles. The normalized spacial score (nSPS) is 17.0. The number of rotatable bonds is 4. The minimum Gasteiger partial charge on any atom is -0.395 e. The molecule has 0 spiro atoms. The lowest BCUT2D eigenvalue weighted by molar-refractivity contribution is 0.265. The minimum atomic E-state index is -0.246. The maximum atomic E-state index is 8.91. The van der Waals surface area contributed by atoms with Crippen LogP contribution >= 0.6 is 35.3 Å². The van der Waals surface area contributed by atoms with Crippen molar-refractivity contribution >= 4 is 40.5 Å². The van der Waals surface area contributed by atoms with Gasteiger partial charge < -0.3 is 15.7 Å². The van der Waals surface area contributed by atoms with Crippen LogP contribution in [-0.4, -0.2) is 35.8 Å². The van der Waals surface area contributed by atoms with E-state index in [1.54, 1.807) is 11.3 Å². The number of hydrogen-bond donors (Lipinski definition) is 2. The lowest BCUT2D eigenvalue weighted by Crippen LogP contribution is -2.26. The Hall–Kier alpha value is -0.0700. The zero-order valence-corrected chi connectivity index (χ0v) is 11.8. The van der Waals surface area contributed by atoms with E-state index in [2.05, 4.69) is 9.88 Å². The molecule has 1 fully saturated rings. The van der Waals surface area contributed by atoms with Crippen LogP contribution in [0.4, 0.5) is 5.13 Å². The molecule has 2 rings (SSSR count). The van der Waals surface area contributed by atoms with E-state index in [0.29, 0.717) is 11.6 Å². The second-order valence-corrected chi connectivity index (χ2v) is 5.47. The molecule has 1 saturated heterocycles. The molecule has 1 aromatic rings. The van der Waals surface area contributed by atoms with Gasteiger partial charge in [0.2, 0.25) is 0 Å². The number of thiazole rings is 1. The smallest absolute Gasteiger partial charge is 0.187 e. The number of hydrogen-bond acceptors (Lipinski definition) is 5. The predicted octanol–water partition coefficient (Wildman–Crippen LogP) is 1.68. The van der Waals surface area contributed by atoms with E-state index in [4.69, 9.17) is 22.4 Å². The summed E-state index contributed by atoms with van der Waals surface area (Å²) in [5.41, 5.74) is 5.69. The van der Waals surface area contributed by atoms with Gasteiger partial charge in [0.25, 0.3) is 0 Å². The van der Waals surface area contributed by atoms with E-state index in [1.807, 2.05) is 0 Å². The summed E-state index contributed by atoms with van der Waals surface area (Å²) in [7, 11) is 0. The van der Waals surface area contributed by atoms with Crippen LogP contribution in [-0.2, 0) is 6.42 Å². The van der Waals surface area contributed by atoms with Crippen LogP contribution in [0, 0.1) is 0 Å². The Labute approximate surface area is 116 Å². The monoisotopic (exact) mass is 297 g/mol. The molecule has 0 amide bonds. The summed E-state index contributed by atoms with van der Waals surface area (Å²) in [4.78, 5) is 7.58. The van der Waals surface area contributed by atoms with Crippen molar-refractivity contribution in [3.05, 3.63) is 10.0 Å². The highest BCUT2D eigenvalue weighted by Gasteiger charge is 2.19. The van der Waals surface area contributed by atoms with Gasteiger partial charge in [-0.1, -0.05) is 11.6 Å². The van der Waals surface area contributed by atoms with Gasteiger partial charge in [-0.3, -0.25) is 0 Å². The van der Waals surface area contributed by atoms with E-state index >= 15 is 0 Å². The lowest BCUT2D eigenvalue weighted by atomic mass is 10.2. The summed E-state index contributed by atoms with van der Waals surface area (Å²) in [5, 5.41) is 10.4. The Bertz CT molecular complexity index is 355. The Morgan fingerprint density at radius 1 is 1.47 bits per heavy atom. The molecule has 98 valence electrons. The van der Waals surface area contributed by atoms with E-state index in [1.165, 1.54) is 12.8 Å². The number of aliphatic hydroxyl groups is 1. The first-order valence-electron chi connectivity index (χ1n) is 5.47. The number of aliphatic hydroxyl groups excluding tert-OH is 1. The third kappa shape index (κ3) is 3.69. The van der Waals surface area contributed by atoms with Crippen LogP contribution in [0.5, 0.6) is 0 Å². The SMILES string of the molecule is Cl.NC(CO)Cc1sc(N2CCCC2)nc1Cl. The molecular weight excluding hydrogens is 281 g/mol. The number of nitrogens with zero attached hydrogens (tertiary/aromatic N) is 2. The van der Waals surface area contributed by atoms with Crippen molar-refractivity contribution in [2.75, 3.05) is 24.6 Å². The molecule has 1 aromatic heterocycles. The van der Waals surface area contributed by atoms with Crippen molar-refractivity contribution in [2.24, 2.45) is 5.73 Å². The van der Waals surface area contributed by atoms with Gasteiger partial charge in [-0.05, 0) is 12.8 Å². The maximum Gasteiger partial charge on any atom is 0.187 e. The fourth-order valence-electron chi connectivity index (χ4n) is 1.79. The number of anilines is 1. The van der Waals surface area contributed by atoms with Crippen LogP contribution in [0.3, 0.4) is 0 Å². The summed E-state index contributed by atoms with van der Waals surface area (Å²) in [6.07, 6.45) is 3.05. The van der Waals surface area contributed by atoms with Crippen LogP contribution in [0.2, 0.25) is 5.15 Å². The van der Waals surface area contributed by atoms with Gasteiger partial charge in [0.1, 0.15) is 5.15 Å². The summed E-state index contributed by atoms with van der Waals surface area (Å²) in [5.74, 6) is 0. The van der Waals surface area contributed by atoms with Crippen LogP contribution in [0.15, 0.2) is 0 Å². The van der Waals surface area contributed by atoms with Crippen LogP contribution in [0.25, 0.3) is 0 Å². The minimum absolute atomic E-state index is 0. The Balaban J connectivity index is 0.00000144. The fourth-order valence-corrected chi connectivity index (χ4v) is 3.21. The van der Waals surface area contributed by atoms with Gasteiger partial charge in [-0.25, -0.2) is 4.98 Å². The number of halogens is 2. The quantitative estimate of drug-likeness (QED) is 0.888. The molecule has 0 bridgehead atoms. The summed E-state index contributed by atoms with van der Waals surface area (Å²) >= 11 is 7.65. The van der Waals surface area contributed by atoms with Crippen molar-refractivity contribution < 1.29 is 5.11 Å². The average Bonchev–Trinajstić information content (AvgIpc) is 2.88. The highest BCUT2D eigenvalue weighted by atomic mass is 35.5. The Kier molecular flexibility index (Phi) is 5.95. The summed E-state index contributed by atoms with van der Waals surface area (Å²) in [6, 6.07) is -0.246. The number of nitrogens with two attached hydrogens (primary N) is 1. The molecule has 3 N–H and O–H groups in total.